The topological polar surface area (TPSA) is 27.1 Å². The highest BCUT2D eigenvalue weighted by Gasteiger charge is 2.18. The summed E-state index contributed by atoms with van der Waals surface area (Å²) in [5.74, 6) is 1.14. The van der Waals surface area contributed by atoms with E-state index in [1.54, 1.807) is 7.11 Å². The van der Waals surface area contributed by atoms with E-state index in [1.165, 1.54) is 30.7 Å². The fraction of sp³-hybridized carbons (Fsp3) is 0.750. The smallest absolute Gasteiger partial charge is 0.106 e. The van der Waals surface area contributed by atoms with Gasteiger partial charge < -0.3 is 9.30 Å². The number of imidazole rings is 1. The second-order valence-electron chi connectivity index (χ2n) is 4.42. The van der Waals surface area contributed by atoms with Crippen LogP contribution in [0.25, 0.3) is 0 Å². The summed E-state index contributed by atoms with van der Waals surface area (Å²) in [6, 6.07) is 0. The SMILES string of the molecule is COC(C)Cn1c(C)nc2c1CCCC2. The van der Waals surface area contributed by atoms with Gasteiger partial charge in [-0.3, -0.25) is 0 Å². The number of hydrogen-bond acceptors (Lipinski definition) is 2. The zero-order valence-electron chi connectivity index (χ0n) is 9.92. The number of methoxy groups -OCH3 is 1. The molecule has 0 aromatic carbocycles. The lowest BCUT2D eigenvalue weighted by Crippen LogP contribution is -2.18. The van der Waals surface area contributed by atoms with Crippen molar-refractivity contribution in [1.82, 2.24) is 9.55 Å². The van der Waals surface area contributed by atoms with Gasteiger partial charge in [0, 0.05) is 19.3 Å². The van der Waals surface area contributed by atoms with Gasteiger partial charge in [-0.2, -0.15) is 0 Å². The summed E-state index contributed by atoms with van der Waals surface area (Å²) >= 11 is 0. The predicted molar refractivity (Wildman–Crippen MR) is 60.1 cm³/mol. The second kappa shape index (κ2) is 4.35. The third-order valence-corrected chi connectivity index (χ3v) is 3.27. The van der Waals surface area contributed by atoms with Crippen molar-refractivity contribution in [2.75, 3.05) is 7.11 Å². The fourth-order valence-corrected chi connectivity index (χ4v) is 2.31. The van der Waals surface area contributed by atoms with Gasteiger partial charge in [-0.25, -0.2) is 4.98 Å². The van der Waals surface area contributed by atoms with E-state index in [4.69, 9.17) is 4.74 Å². The molecular formula is C12H20N2O. The van der Waals surface area contributed by atoms with E-state index in [9.17, 15) is 0 Å². The molecule has 0 amide bonds. The summed E-state index contributed by atoms with van der Waals surface area (Å²) in [6.45, 7) is 5.14. The lowest BCUT2D eigenvalue weighted by atomic mass is 10.0. The molecule has 3 nitrogen and oxygen atoms in total. The zero-order chi connectivity index (χ0) is 10.8. The maximum Gasteiger partial charge on any atom is 0.106 e. The third-order valence-electron chi connectivity index (χ3n) is 3.27. The molecule has 2 rings (SSSR count). The molecule has 1 heterocycles. The monoisotopic (exact) mass is 208 g/mol. The average molecular weight is 208 g/mol. The molecule has 1 aromatic rings. The first kappa shape index (κ1) is 10.7. The van der Waals surface area contributed by atoms with Gasteiger partial charge in [-0.1, -0.05) is 0 Å². The molecule has 0 radical (unpaired) electrons. The van der Waals surface area contributed by atoms with E-state index in [0.717, 1.165) is 18.8 Å². The van der Waals surface area contributed by atoms with Gasteiger partial charge in [-0.15, -0.1) is 0 Å². The Hall–Kier alpha value is -0.830. The molecule has 15 heavy (non-hydrogen) atoms. The fourth-order valence-electron chi connectivity index (χ4n) is 2.31. The molecule has 1 aliphatic carbocycles. The van der Waals surface area contributed by atoms with E-state index in [1.807, 2.05) is 0 Å². The predicted octanol–water partition coefficient (Wildman–Crippen LogP) is 2.11. The molecule has 1 unspecified atom stereocenters. The number of aryl methyl sites for hydroxylation is 2. The summed E-state index contributed by atoms with van der Waals surface area (Å²) in [6.07, 6.45) is 5.21. The van der Waals surface area contributed by atoms with Gasteiger partial charge in [0.15, 0.2) is 0 Å². The molecule has 1 aliphatic rings. The zero-order valence-corrected chi connectivity index (χ0v) is 9.92. The third kappa shape index (κ3) is 2.07. The van der Waals surface area contributed by atoms with Crippen molar-refractivity contribution in [3.05, 3.63) is 17.2 Å². The Kier molecular flexibility index (Phi) is 3.10. The normalized spacial score (nSPS) is 17.5. The Morgan fingerprint density at radius 3 is 2.87 bits per heavy atom. The second-order valence-corrected chi connectivity index (χ2v) is 4.42. The van der Waals surface area contributed by atoms with Gasteiger partial charge in [0.2, 0.25) is 0 Å². The van der Waals surface area contributed by atoms with Crippen LogP contribution in [0.15, 0.2) is 0 Å². The molecule has 84 valence electrons. The van der Waals surface area contributed by atoms with Crippen LogP contribution in [0.3, 0.4) is 0 Å². The van der Waals surface area contributed by atoms with Gasteiger partial charge in [0.1, 0.15) is 5.82 Å². The number of aromatic nitrogens is 2. The van der Waals surface area contributed by atoms with Crippen LogP contribution in [0.1, 0.15) is 37.0 Å². The molecular weight excluding hydrogens is 188 g/mol. The molecule has 0 bridgehead atoms. The minimum absolute atomic E-state index is 0.268. The summed E-state index contributed by atoms with van der Waals surface area (Å²) in [5, 5.41) is 0. The molecule has 1 aromatic heterocycles. The molecule has 0 saturated heterocycles. The van der Waals surface area contributed by atoms with Crippen molar-refractivity contribution >= 4 is 0 Å². The van der Waals surface area contributed by atoms with Crippen LogP contribution < -0.4 is 0 Å². The van der Waals surface area contributed by atoms with Crippen LogP contribution in [-0.2, 0) is 24.1 Å². The van der Waals surface area contributed by atoms with Crippen molar-refractivity contribution in [2.45, 2.75) is 52.2 Å². The lowest BCUT2D eigenvalue weighted by Gasteiger charge is -2.17. The minimum atomic E-state index is 0.268. The summed E-state index contributed by atoms with van der Waals surface area (Å²) in [5.41, 5.74) is 2.77. The molecule has 0 spiro atoms. The van der Waals surface area contributed by atoms with Gasteiger partial charge in [0.25, 0.3) is 0 Å². The lowest BCUT2D eigenvalue weighted by molar-refractivity contribution is 0.102. The number of hydrogen-bond donors (Lipinski definition) is 0. The number of ether oxygens (including phenoxy) is 1. The molecule has 0 saturated carbocycles. The summed E-state index contributed by atoms with van der Waals surface area (Å²) in [4.78, 5) is 4.65. The van der Waals surface area contributed by atoms with Gasteiger partial charge in [-0.05, 0) is 39.5 Å². The van der Waals surface area contributed by atoms with Crippen molar-refractivity contribution in [2.24, 2.45) is 0 Å². The minimum Gasteiger partial charge on any atom is -0.380 e. The maximum atomic E-state index is 5.32. The Labute approximate surface area is 91.5 Å². The number of rotatable bonds is 3. The quantitative estimate of drug-likeness (QED) is 0.760. The largest absolute Gasteiger partial charge is 0.380 e. The van der Waals surface area contributed by atoms with Crippen LogP contribution in [0.4, 0.5) is 0 Å². The molecule has 0 fully saturated rings. The van der Waals surface area contributed by atoms with Crippen LogP contribution in [0, 0.1) is 6.92 Å². The first-order valence-electron chi connectivity index (χ1n) is 5.80. The molecule has 0 aliphatic heterocycles. The summed E-state index contributed by atoms with van der Waals surface area (Å²) in [7, 11) is 1.77. The van der Waals surface area contributed by atoms with Crippen LogP contribution in [-0.4, -0.2) is 22.8 Å². The first-order chi connectivity index (χ1) is 7.22. The highest BCUT2D eigenvalue weighted by Crippen LogP contribution is 2.22. The van der Waals surface area contributed by atoms with E-state index < -0.39 is 0 Å². The van der Waals surface area contributed by atoms with Crippen LogP contribution >= 0.6 is 0 Å². The highest BCUT2D eigenvalue weighted by molar-refractivity contribution is 5.19. The number of fused-ring (bicyclic) bond motifs is 1. The van der Waals surface area contributed by atoms with E-state index in [0.29, 0.717) is 0 Å². The van der Waals surface area contributed by atoms with E-state index >= 15 is 0 Å². The van der Waals surface area contributed by atoms with E-state index in [2.05, 4.69) is 23.4 Å². The Bertz CT molecular complexity index is 344. The standard InChI is InChI=1S/C12H20N2O/c1-9(15-3)8-14-10(2)13-11-6-4-5-7-12(11)14/h9H,4-8H2,1-3H3. The van der Waals surface area contributed by atoms with E-state index in [-0.39, 0.29) is 6.10 Å². The Balaban J connectivity index is 2.25. The first-order valence-corrected chi connectivity index (χ1v) is 5.80. The molecule has 1 atom stereocenters. The maximum absolute atomic E-state index is 5.32. The van der Waals surface area contributed by atoms with Gasteiger partial charge >= 0.3 is 0 Å². The average Bonchev–Trinajstić information content (AvgIpc) is 2.55. The van der Waals surface area contributed by atoms with Gasteiger partial charge in [0.05, 0.1) is 11.8 Å². The highest BCUT2D eigenvalue weighted by atomic mass is 16.5. The van der Waals surface area contributed by atoms with Crippen molar-refractivity contribution in [3.8, 4) is 0 Å². The van der Waals surface area contributed by atoms with Crippen LogP contribution in [0.5, 0.6) is 0 Å². The van der Waals surface area contributed by atoms with Crippen LogP contribution in [0.2, 0.25) is 0 Å². The van der Waals surface area contributed by atoms with Crippen molar-refractivity contribution in [3.63, 3.8) is 0 Å². The Morgan fingerprint density at radius 2 is 2.13 bits per heavy atom. The molecule has 0 N–H and O–H groups in total. The van der Waals surface area contributed by atoms with Crippen molar-refractivity contribution < 1.29 is 4.74 Å². The summed E-state index contributed by atoms with van der Waals surface area (Å²) < 4.78 is 7.66. The Morgan fingerprint density at radius 1 is 1.40 bits per heavy atom. The number of nitrogens with zero attached hydrogens (tertiary/aromatic N) is 2. The van der Waals surface area contributed by atoms with Crippen molar-refractivity contribution in [1.29, 1.82) is 0 Å². The molecule has 3 heteroatoms.